The molecule has 0 fully saturated rings. The highest BCUT2D eigenvalue weighted by molar-refractivity contribution is 7.99. The number of hydrogen-bond acceptors (Lipinski definition) is 7. The lowest BCUT2D eigenvalue weighted by Gasteiger charge is -2.15. The van der Waals surface area contributed by atoms with Crippen molar-refractivity contribution in [2.45, 2.75) is 12.1 Å². The van der Waals surface area contributed by atoms with Gasteiger partial charge in [0.25, 0.3) is 5.56 Å². The van der Waals surface area contributed by atoms with Gasteiger partial charge >= 0.3 is 5.97 Å². The Hall–Kier alpha value is -2.45. The minimum atomic E-state index is -0.455. The van der Waals surface area contributed by atoms with E-state index in [-0.39, 0.29) is 5.56 Å². The van der Waals surface area contributed by atoms with Crippen LogP contribution in [0.3, 0.4) is 0 Å². The molecular weight excluding hydrogens is 358 g/mol. The number of benzene rings is 1. The van der Waals surface area contributed by atoms with Crippen LogP contribution in [0.15, 0.2) is 45.4 Å². The SMILES string of the molecule is COC(=O)c1sc2nc3n(c(=O)c2c1C)N=C(c1ccccc1)CS3. The number of hydrogen-bond donors (Lipinski definition) is 0. The fourth-order valence-electron chi connectivity index (χ4n) is 2.68. The van der Waals surface area contributed by atoms with Gasteiger partial charge in [0.1, 0.15) is 9.71 Å². The molecule has 8 heteroatoms. The van der Waals surface area contributed by atoms with Gasteiger partial charge in [-0.25, -0.2) is 9.78 Å². The van der Waals surface area contributed by atoms with Crippen LogP contribution in [-0.4, -0.2) is 34.2 Å². The molecule has 3 aromatic rings. The van der Waals surface area contributed by atoms with Crippen molar-refractivity contribution in [3.63, 3.8) is 0 Å². The molecule has 0 radical (unpaired) electrons. The van der Waals surface area contributed by atoms with Crippen LogP contribution in [-0.2, 0) is 4.74 Å². The lowest BCUT2D eigenvalue weighted by Crippen LogP contribution is -2.25. The molecule has 25 heavy (non-hydrogen) atoms. The molecule has 3 heterocycles. The summed E-state index contributed by atoms with van der Waals surface area (Å²) in [7, 11) is 1.32. The molecule has 0 bridgehead atoms. The van der Waals surface area contributed by atoms with Crippen molar-refractivity contribution in [1.82, 2.24) is 9.66 Å². The lowest BCUT2D eigenvalue weighted by atomic mass is 10.1. The molecule has 1 aliphatic rings. The second-order valence-corrected chi connectivity index (χ2v) is 7.38. The van der Waals surface area contributed by atoms with Gasteiger partial charge in [0.2, 0.25) is 0 Å². The highest BCUT2D eigenvalue weighted by Crippen LogP contribution is 2.31. The summed E-state index contributed by atoms with van der Waals surface area (Å²) in [6, 6.07) is 9.75. The number of rotatable bonds is 2. The molecule has 0 N–H and O–H groups in total. The van der Waals surface area contributed by atoms with Crippen LogP contribution in [0.4, 0.5) is 0 Å². The number of carbonyl (C=O) groups is 1. The number of aryl methyl sites for hydroxylation is 1. The first kappa shape index (κ1) is 16.0. The fourth-order valence-corrected chi connectivity index (χ4v) is 4.72. The van der Waals surface area contributed by atoms with Gasteiger partial charge in [-0.3, -0.25) is 4.79 Å². The summed E-state index contributed by atoms with van der Waals surface area (Å²) in [4.78, 5) is 30.3. The van der Waals surface area contributed by atoms with Crippen molar-refractivity contribution in [3.05, 3.63) is 56.7 Å². The number of esters is 1. The molecular formula is C17H13N3O3S2. The summed E-state index contributed by atoms with van der Waals surface area (Å²) in [5.74, 6) is 0.180. The van der Waals surface area contributed by atoms with Gasteiger partial charge in [-0.1, -0.05) is 42.1 Å². The van der Waals surface area contributed by atoms with Crippen molar-refractivity contribution < 1.29 is 9.53 Å². The summed E-state index contributed by atoms with van der Waals surface area (Å²) in [6.45, 7) is 1.74. The number of thioether (sulfide) groups is 1. The number of thiophene rings is 1. The first-order chi connectivity index (χ1) is 12.1. The number of ether oxygens (including phenoxy) is 1. The standard InChI is InChI=1S/C17H13N3O3S2/c1-9-12-14(25-13(9)16(22)23-2)18-17-20(15(12)21)19-11(8-24-17)10-6-4-3-5-7-10/h3-7H,8H2,1-2H3. The zero-order chi connectivity index (χ0) is 17.6. The summed E-state index contributed by atoms with van der Waals surface area (Å²) < 4.78 is 6.12. The van der Waals surface area contributed by atoms with E-state index < -0.39 is 5.97 Å². The van der Waals surface area contributed by atoms with E-state index in [2.05, 4.69) is 10.1 Å². The zero-order valence-electron chi connectivity index (χ0n) is 13.5. The highest BCUT2D eigenvalue weighted by Gasteiger charge is 2.24. The Morgan fingerprint density at radius 1 is 1.28 bits per heavy atom. The van der Waals surface area contributed by atoms with E-state index in [9.17, 15) is 9.59 Å². The average molecular weight is 371 g/mol. The maximum absolute atomic E-state index is 13.0. The summed E-state index contributed by atoms with van der Waals surface area (Å²) >= 11 is 2.64. The molecule has 0 spiro atoms. The smallest absolute Gasteiger partial charge is 0.348 e. The van der Waals surface area contributed by atoms with Crippen molar-refractivity contribution in [3.8, 4) is 0 Å². The van der Waals surface area contributed by atoms with E-state index in [1.165, 1.54) is 34.9 Å². The molecule has 4 rings (SSSR count). The summed E-state index contributed by atoms with van der Waals surface area (Å²) in [5.41, 5.74) is 2.13. The Morgan fingerprint density at radius 2 is 2.04 bits per heavy atom. The minimum Gasteiger partial charge on any atom is -0.465 e. The third-order valence-corrected chi connectivity index (χ3v) is 6.06. The highest BCUT2D eigenvalue weighted by atomic mass is 32.2. The van der Waals surface area contributed by atoms with Crippen LogP contribution in [0.1, 0.15) is 20.8 Å². The van der Waals surface area contributed by atoms with Crippen LogP contribution >= 0.6 is 23.1 Å². The zero-order valence-corrected chi connectivity index (χ0v) is 15.1. The van der Waals surface area contributed by atoms with E-state index in [1.54, 1.807) is 6.92 Å². The van der Waals surface area contributed by atoms with Gasteiger partial charge in [-0.15, -0.1) is 11.3 Å². The average Bonchev–Trinajstić information content (AvgIpc) is 2.98. The molecule has 1 aromatic carbocycles. The minimum absolute atomic E-state index is 0.260. The number of fused-ring (bicyclic) bond motifs is 2. The molecule has 0 atom stereocenters. The maximum atomic E-state index is 13.0. The molecule has 6 nitrogen and oxygen atoms in total. The Morgan fingerprint density at radius 3 is 2.76 bits per heavy atom. The summed E-state index contributed by atoms with van der Waals surface area (Å²) in [5, 5.41) is 5.47. The molecule has 0 amide bonds. The van der Waals surface area contributed by atoms with E-state index in [1.807, 2.05) is 30.3 Å². The molecule has 0 unspecified atom stereocenters. The number of nitrogens with zero attached hydrogens (tertiary/aromatic N) is 3. The van der Waals surface area contributed by atoms with Crippen molar-refractivity contribution in [2.75, 3.05) is 12.9 Å². The second-order valence-electron chi connectivity index (χ2n) is 5.44. The number of methoxy groups -OCH3 is 1. The Kier molecular flexibility index (Phi) is 3.93. The third-order valence-electron chi connectivity index (χ3n) is 3.95. The van der Waals surface area contributed by atoms with Crippen LogP contribution in [0.5, 0.6) is 0 Å². The van der Waals surface area contributed by atoms with E-state index >= 15 is 0 Å². The second kappa shape index (κ2) is 6.12. The van der Waals surface area contributed by atoms with Crippen molar-refractivity contribution >= 4 is 45.0 Å². The van der Waals surface area contributed by atoms with Crippen molar-refractivity contribution in [2.24, 2.45) is 5.10 Å². The first-order valence-electron chi connectivity index (χ1n) is 7.50. The van der Waals surface area contributed by atoms with Gasteiger partial charge in [0, 0.05) is 5.75 Å². The first-order valence-corrected chi connectivity index (χ1v) is 9.31. The Balaban J connectivity index is 1.93. The topological polar surface area (TPSA) is 73.5 Å². The predicted octanol–water partition coefficient (Wildman–Crippen LogP) is 2.91. The maximum Gasteiger partial charge on any atom is 0.348 e. The van der Waals surface area contributed by atoms with Crippen LogP contribution in [0, 0.1) is 6.92 Å². The van der Waals surface area contributed by atoms with E-state index in [0.29, 0.717) is 31.6 Å². The molecule has 0 saturated heterocycles. The number of carbonyl (C=O) groups excluding carboxylic acids is 1. The normalized spacial score (nSPS) is 13.4. The quantitative estimate of drug-likeness (QED) is 0.511. The molecule has 1 aliphatic heterocycles. The van der Waals surface area contributed by atoms with Gasteiger partial charge in [-0.05, 0) is 18.1 Å². The van der Waals surface area contributed by atoms with E-state index in [4.69, 9.17) is 4.74 Å². The molecule has 0 saturated carbocycles. The Labute approximate surface area is 151 Å². The molecule has 2 aromatic heterocycles. The van der Waals surface area contributed by atoms with E-state index in [0.717, 1.165) is 11.3 Å². The summed E-state index contributed by atoms with van der Waals surface area (Å²) in [6.07, 6.45) is 0. The molecule has 0 aliphatic carbocycles. The molecule has 126 valence electrons. The third kappa shape index (κ3) is 2.58. The van der Waals surface area contributed by atoms with Gasteiger partial charge in [0.15, 0.2) is 5.16 Å². The lowest BCUT2D eigenvalue weighted by molar-refractivity contribution is 0.0605. The van der Waals surface area contributed by atoms with Crippen molar-refractivity contribution in [1.29, 1.82) is 0 Å². The van der Waals surface area contributed by atoms with Crippen LogP contribution in [0.25, 0.3) is 10.2 Å². The van der Waals surface area contributed by atoms with Crippen LogP contribution < -0.4 is 5.56 Å². The Bertz CT molecular complexity index is 1080. The largest absolute Gasteiger partial charge is 0.465 e. The van der Waals surface area contributed by atoms with Gasteiger partial charge in [0.05, 0.1) is 18.2 Å². The predicted molar refractivity (Wildman–Crippen MR) is 99.1 cm³/mol. The van der Waals surface area contributed by atoms with Gasteiger partial charge in [-0.2, -0.15) is 9.78 Å². The monoisotopic (exact) mass is 371 g/mol. The fraction of sp³-hybridized carbons (Fsp3) is 0.176. The number of aromatic nitrogens is 2. The van der Waals surface area contributed by atoms with Crippen LogP contribution in [0.2, 0.25) is 0 Å². The van der Waals surface area contributed by atoms with Gasteiger partial charge < -0.3 is 4.74 Å².